The Morgan fingerprint density at radius 3 is 2.50 bits per heavy atom. The molecule has 0 aliphatic carbocycles. The molecule has 0 saturated heterocycles. The van der Waals surface area contributed by atoms with Crippen molar-refractivity contribution in [3.63, 3.8) is 0 Å². The van der Waals surface area contributed by atoms with Crippen molar-refractivity contribution in [2.75, 3.05) is 11.9 Å². The van der Waals surface area contributed by atoms with Crippen molar-refractivity contribution in [2.45, 2.75) is 33.1 Å². The van der Waals surface area contributed by atoms with E-state index in [0.717, 1.165) is 24.8 Å². The average molecular weight is 248 g/mol. The van der Waals surface area contributed by atoms with Gasteiger partial charge in [0, 0.05) is 12.2 Å². The highest BCUT2D eigenvalue weighted by Gasteiger charge is 2.13. The normalized spacial score (nSPS) is 9.89. The van der Waals surface area contributed by atoms with E-state index in [1.165, 1.54) is 0 Å². The SMILES string of the molecule is CCCCCNC(=O)C(=O)Nc1ccccc1C. The van der Waals surface area contributed by atoms with Crippen molar-refractivity contribution in [1.82, 2.24) is 5.32 Å². The molecule has 0 saturated carbocycles. The number of aryl methyl sites for hydroxylation is 1. The zero-order valence-corrected chi connectivity index (χ0v) is 11.0. The van der Waals surface area contributed by atoms with Crippen LogP contribution in [0.25, 0.3) is 0 Å². The summed E-state index contributed by atoms with van der Waals surface area (Å²) in [5.41, 5.74) is 1.61. The van der Waals surface area contributed by atoms with Crippen LogP contribution in [-0.4, -0.2) is 18.4 Å². The lowest BCUT2D eigenvalue weighted by molar-refractivity contribution is -0.136. The van der Waals surface area contributed by atoms with E-state index in [1.54, 1.807) is 6.07 Å². The van der Waals surface area contributed by atoms with Crippen molar-refractivity contribution in [3.05, 3.63) is 29.8 Å². The van der Waals surface area contributed by atoms with E-state index in [-0.39, 0.29) is 0 Å². The summed E-state index contributed by atoms with van der Waals surface area (Å²) in [7, 11) is 0. The minimum Gasteiger partial charge on any atom is -0.348 e. The van der Waals surface area contributed by atoms with E-state index in [0.29, 0.717) is 12.2 Å². The number of anilines is 1. The fourth-order valence-corrected chi connectivity index (χ4v) is 1.55. The zero-order valence-electron chi connectivity index (χ0n) is 11.0. The predicted molar refractivity (Wildman–Crippen MR) is 72.3 cm³/mol. The molecule has 4 heteroatoms. The van der Waals surface area contributed by atoms with Gasteiger partial charge in [-0.25, -0.2) is 0 Å². The topological polar surface area (TPSA) is 58.2 Å². The molecule has 0 fully saturated rings. The van der Waals surface area contributed by atoms with Crippen LogP contribution in [0.4, 0.5) is 5.69 Å². The summed E-state index contributed by atoms with van der Waals surface area (Å²) >= 11 is 0. The van der Waals surface area contributed by atoms with Crippen molar-refractivity contribution >= 4 is 17.5 Å². The molecular weight excluding hydrogens is 228 g/mol. The van der Waals surface area contributed by atoms with E-state index in [4.69, 9.17) is 0 Å². The van der Waals surface area contributed by atoms with Crippen molar-refractivity contribution in [3.8, 4) is 0 Å². The number of benzene rings is 1. The van der Waals surface area contributed by atoms with Gasteiger partial charge in [0.2, 0.25) is 0 Å². The van der Waals surface area contributed by atoms with E-state index >= 15 is 0 Å². The number of para-hydroxylation sites is 1. The number of carbonyl (C=O) groups is 2. The Balaban J connectivity index is 2.41. The Kier molecular flexibility index (Phi) is 5.91. The monoisotopic (exact) mass is 248 g/mol. The highest BCUT2D eigenvalue weighted by Crippen LogP contribution is 2.12. The highest BCUT2D eigenvalue weighted by atomic mass is 16.2. The van der Waals surface area contributed by atoms with Crippen LogP contribution in [0, 0.1) is 6.92 Å². The number of rotatable bonds is 5. The Hall–Kier alpha value is -1.84. The van der Waals surface area contributed by atoms with Gasteiger partial charge in [-0.15, -0.1) is 0 Å². The van der Waals surface area contributed by atoms with Crippen LogP contribution in [0.1, 0.15) is 31.7 Å². The lowest BCUT2D eigenvalue weighted by atomic mass is 10.2. The minimum absolute atomic E-state index is 0.549. The summed E-state index contributed by atoms with van der Waals surface area (Å²) in [5.74, 6) is -1.19. The zero-order chi connectivity index (χ0) is 13.4. The van der Waals surface area contributed by atoms with Gasteiger partial charge in [0.15, 0.2) is 0 Å². The van der Waals surface area contributed by atoms with Gasteiger partial charge in [0.25, 0.3) is 0 Å². The van der Waals surface area contributed by atoms with Crippen LogP contribution >= 0.6 is 0 Å². The van der Waals surface area contributed by atoms with Crippen LogP contribution < -0.4 is 10.6 Å². The maximum Gasteiger partial charge on any atom is 0.313 e. The summed E-state index contributed by atoms with van der Waals surface area (Å²) in [5, 5.41) is 5.21. The lowest BCUT2D eigenvalue weighted by Crippen LogP contribution is -2.36. The van der Waals surface area contributed by atoms with E-state index < -0.39 is 11.8 Å². The largest absolute Gasteiger partial charge is 0.348 e. The Bertz CT molecular complexity index is 416. The number of hydrogen-bond acceptors (Lipinski definition) is 2. The van der Waals surface area contributed by atoms with Gasteiger partial charge < -0.3 is 10.6 Å². The van der Waals surface area contributed by atoms with Gasteiger partial charge in [0.05, 0.1) is 0 Å². The summed E-state index contributed by atoms with van der Waals surface area (Å²) in [6.07, 6.45) is 3.05. The van der Waals surface area contributed by atoms with Gasteiger partial charge in [-0.3, -0.25) is 9.59 Å². The fourth-order valence-electron chi connectivity index (χ4n) is 1.55. The third-order valence-electron chi connectivity index (χ3n) is 2.67. The molecule has 0 aromatic heterocycles. The molecule has 0 radical (unpaired) electrons. The summed E-state index contributed by atoms with van der Waals surface area (Å²) in [6, 6.07) is 7.37. The third kappa shape index (κ3) is 4.57. The molecule has 0 aliphatic heterocycles. The Labute approximate surface area is 108 Å². The first-order chi connectivity index (χ1) is 8.65. The first kappa shape index (κ1) is 14.2. The van der Waals surface area contributed by atoms with Crippen LogP contribution in [0.2, 0.25) is 0 Å². The maximum absolute atomic E-state index is 11.6. The molecule has 2 N–H and O–H groups in total. The number of nitrogens with one attached hydrogen (secondary N) is 2. The molecule has 0 unspecified atom stereocenters. The molecule has 1 rings (SSSR count). The second-order valence-electron chi connectivity index (χ2n) is 4.23. The number of carbonyl (C=O) groups excluding carboxylic acids is 2. The van der Waals surface area contributed by atoms with E-state index in [1.807, 2.05) is 25.1 Å². The standard InChI is InChI=1S/C14H20N2O2/c1-3-4-7-10-15-13(17)14(18)16-12-9-6-5-8-11(12)2/h5-6,8-9H,3-4,7,10H2,1-2H3,(H,15,17)(H,16,18). The van der Waals surface area contributed by atoms with Gasteiger partial charge in [0.1, 0.15) is 0 Å². The molecule has 0 aliphatic rings. The van der Waals surface area contributed by atoms with Gasteiger partial charge in [-0.05, 0) is 25.0 Å². The molecular formula is C14H20N2O2. The Morgan fingerprint density at radius 1 is 1.11 bits per heavy atom. The van der Waals surface area contributed by atoms with Crippen molar-refractivity contribution in [1.29, 1.82) is 0 Å². The van der Waals surface area contributed by atoms with Gasteiger partial charge >= 0.3 is 11.8 Å². The minimum atomic E-state index is -0.610. The molecule has 0 bridgehead atoms. The van der Waals surface area contributed by atoms with Gasteiger partial charge in [-0.2, -0.15) is 0 Å². The third-order valence-corrected chi connectivity index (χ3v) is 2.67. The van der Waals surface area contributed by atoms with Crippen LogP contribution in [0.3, 0.4) is 0 Å². The highest BCUT2D eigenvalue weighted by molar-refractivity contribution is 6.39. The smallest absolute Gasteiger partial charge is 0.313 e. The van der Waals surface area contributed by atoms with Crippen LogP contribution in [-0.2, 0) is 9.59 Å². The molecule has 0 heterocycles. The molecule has 2 amide bonds. The first-order valence-corrected chi connectivity index (χ1v) is 6.30. The molecule has 1 aromatic carbocycles. The molecule has 18 heavy (non-hydrogen) atoms. The van der Waals surface area contributed by atoms with E-state index in [9.17, 15) is 9.59 Å². The second kappa shape index (κ2) is 7.48. The first-order valence-electron chi connectivity index (χ1n) is 6.30. The molecule has 98 valence electrons. The molecule has 4 nitrogen and oxygen atoms in total. The quantitative estimate of drug-likeness (QED) is 0.620. The van der Waals surface area contributed by atoms with Crippen LogP contribution in [0.15, 0.2) is 24.3 Å². The Morgan fingerprint density at radius 2 is 1.83 bits per heavy atom. The fraction of sp³-hybridized carbons (Fsp3) is 0.429. The molecule has 1 aromatic rings. The lowest BCUT2D eigenvalue weighted by Gasteiger charge is -2.08. The summed E-state index contributed by atoms with van der Waals surface area (Å²) in [4.78, 5) is 23.1. The maximum atomic E-state index is 11.6. The van der Waals surface area contributed by atoms with Crippen molar-refractivity contribution in [2.24, 2.45) is 0 Å². The van der Waals surface area contributed by atoms with E-state index in [2.05, 4.69) is 17.6 Å². The van der Waals surface area contributed by atoms with Gasteiger partial charge in [-0.1, -0.05) is 38.0 Å². The second-order valence-corrected chi connectivity index (χ2v) is 4.23. The predicted octanol–water partition coefficient (Wildman–Crippen LogP) is 2.24. The molecule has 0 spiro atoms. The van der Waals surface area contributed by atoms with Crippen LogP contribution in [0.5, 0.6) is 0 Å². The average Bonchev–Trinajstić information content (AvgIpc) is 2.37. The summed E-state index contributed by atoms with van der Waals surface area (Å²) < 4.78 is 0. The summed E-state index contributed by atoms with van der Waals surface area (Å²) in [6.45, 7) is 4.52. The number of unbranched alkanes of at least 4 members (excludes halogenated alkanes) is 2. The number of hydrogen-bond donors (Lipinski definition) is 2. The number of amides is 2. The molecule has 0 atom stereocenters. The van der Waals surface area contributed by atoms with Crippen molar-refractivity contribution < 1.29 is 9.59 Å².